The lowest BCUT2D eigenvalue weighted by Gasteiger charge is -2.09. The maximum atomic E-state index is 6.07. The van der Waals surface area contributed by atoms with E-state index in [1.165, 1.54) is 0 Å². The van der Waals surface area contributed by atoms with Gasteiger partial charge in [-0.25, -0.2) is 0 Å². The van der Waals surface area contributed by atoms with Crippen molar-refractivity contribution in [1.29, 1.82) is 0 Å². The van der Waals surface area contributed by atoms with Crippen LogP contribution in [0.2, 0.25) is 5.02 Å². The summed E-state index contributed by atoms with van der Waals surface area (Å²) >= 11 is 9.50. The van der Waals surface area contributed by atoms with Crippen LogP contribution in [-0.4, -0.2) is 20.2 Å². The van der Waals surface area contributed by atoms with E-state index in [4.69, 9.17) is 17.3 Å². The molecule has 0 spiro atoms. The normalized spacial score (nSPS) is 10.8. The summed E-state index contributed by atoms with van der Waals surface area (Å²) in [6.45, 7) is 1.98. The van der Waals surface area contributed by atoms with Crippen molar-refractivity contribution in [2.75, 3.05) is 5.73 Å². The predicted octanol–water partition coefficient (Wildman–Crippen LogP) is 3.64. The van der Waals surface area contributed by atoms with E-state index >= 15 is 0 Å². The van der Waals surface area contributed by atoms with Crippen molar-refractivity contribution in [3.63, 3.8) is 0 Å². The number of aryl methyl sites for hydroxylation is 1. The molecule has 1 heterocycles. The van der Waals surface area contributed by atoms with Gasteiger partial charge in [0, 0.05) is 20.7 Å². The Kier molecular flexibility index (Phi) is 3.65. The average molecular weight is 365 g/mol. The lowest BCUT2D eigenvalue weighted by atomic mass is 10.1. The van der Waals surface area contributed by atoms with Crippen molar-refractivity contribution in [2.45, 2.75) is 6.92 Å². The first-order valence-corrected chi connectivity index (χ1v) is 7.33. The van der Waals surface area contributed by atoms with Gasteiger partial charge in [-0.2, -0.15) is 4.68 Å². The molecule has 21 heavy (non-hydrogen) atoms. The Labute approximate surface area is 134 Å². The van der Waals surface area contributed by atoms with Gasteiger partial charge in [-0.1, -0.05) is 33.6 Å². The molecular weight excluding hydrogens is 354 g/mol. The molecule has 3 rings (SSSR count). The molecule has 0 fully saturated rings. The van der Waals surface area contributed by atoms with E-state index in [1.807, 2.05) is 43.3 Å². The summed E-state index contributed by atoms with van der Waals surface area (Å²) in [4.78, 5) is 0. The highest BCUT2D eigenvalue weighted by atomic mass is 79.9. The summed E-state index contributed by atoms with van der Waals surface area (Å²) < 4.78 is 2.53. The molecular formula is C14H11BrClN5. The van der Waals surface area contributed by atoms with Crippen LogP contribution in [0.5, 0.6) is 0 Å². The van der Waals surface area contributed by atoms with E-state index < -0.39 is 0 Å². The summed E-state index contributed by atoms with van der Waals surface area (Å²) in [6.07, 6.45) is 0. The van der Waals surface area contributed by atoms with E-state index in [0.29, 0.717) is 16.5 Å². The molecule has 7 heteroatoms. The van der Waals surface area contributed by atoms with Crippen molar-refractivity contribution in [3.05, 3.63) is 51.5 Å². The number of hydrogen-bond donors (Lipinski definition) is 1. The first-order valence-electron chi connectivity index (χ1n) is 6.16. The Balaban J connectivity index is 2.19. The van der Waals surface area contributed by atoms with Crippen LogP contribution < -0.4 is 5.73 Å². The molecule has 0 amide bonds. The molecule has 0 aliphatic carbocycles. The number of nitrogen functional groups attached to an aromatic ring is 1. The second-order valence-corrected chi connectivity index (χ2v) is 5.97. The molecule has 106 valence electrons. The van der Waals surface area contributed by atoms with Gasteiger partial charge in [0.25, 0.3) is 0 Å². The fraction of sp³-hybridized carbons (Fsp3) is 0.0714. The molecule has 0 radical (unpaired) electrons. The Morgan fingerprint density at radius 1 is 1.19 bits per heavy atom. The quantitative estimate of drug-likeness (QED) is 0.705. The lowest BCUT2D eigenvalue weighted by Crippen LogP contribution is -2.02. The molecule has 0 aliphatic rings. The second-order valence-electron chi connectivity index (χ2n) is 4.62. The molecule has 3 aromatic rings. The van der Waals surface area contributed by atoms with Crippen LogP contribution in [0, 0.1) is 6.92 Å². The maximum Gasteiger partial charge on any atom is 0.187 e. The van der Waals surface area contributed by atoms with Crippen molar-refractivity contribution < 1.29 is 0 Å². The minimum Gasteiger partial charge on any atom is -0.399 e. The van der Waals surface area contributed by atoms with Gasteiger partial charge in [-0.15, -0.1) is 5.10 Å². The minimum absolute atomic E-state index is 0.605. The van der Waals surface area contributed by atoms with Gasteiger partial charge in [-0.3, -0.25) is 0 Å². The van der Waals surface area contributed by atoms with Crippen LogP contribution >= 0.6 is 27.5 Å². The first-order chi connectivity index (χ1) is 10.0. The fourth-order valence-corrected chi connectivity index (χ4v) is 2.76. The van der Waals surface area contributed by atoms with Crippen LogP contribution in [0.25, 0.3) is 17.1 Å². The molecule has 0 saturated heterocycles. The predicted molar refractivity (Wildman–Crippen MR) is 86.4 cm³/mol. The maximum absolute atomic E-state index is 6.07. The third-order valence-electron chi connectivity index (χ3n) is 3.05. The number of rotatable bonds is 2. The average Bonchev–Trinajstić information content (AvgIpc) is 2.89. The van der Waals surface area contributed by atoms with Gasteiger partial charge in [0.15, 0.2) is 5.82 Å². The molecule has 1 aromatic heterocycles. The minimum atomic E-state index is 0.605. The molecule has 5 nitrogen and oxygen atoms in total. The second kappa shape index (κ2) is 5.46. The number of halogens is 2. The van der Waals surface area contributed by atoms with Gasteiger partial charge < -0.3 is 5.73 Å². The highest BCUT2D eigenvalue weighted by Crippen LogP contribution is 2.27. The highest BCUT2D eigenvalue weighted by molar-refractivity contribution is 9.10. The van der Waals surface area contributed by atoms with Crippen molar-refractivity contribution >= 4 is 33.2 Å². The van der Waals surface area contributed by atoms with E-state index in [9.17, 15) is 0 Å². The monoisotopic (exact) mass is 363 g/mol. The van der Waals surface area contributed by atoms with Crippen molar-refractivity contribution in [1.82, 2.24) is 20.2 Å². The zero-order valence-corrected chi connectivity index (χ0v) is 13.4. The standard InChI is InChI=1S/C14H11BrClN5/c1-8-2-3-11(16)7-13(8)21-14(18-19-20-21)9-4-10(15)6-12(17)5-9/h2-7H,17H2,1H3. The summed E-state index contributed by atoms with van der Waals surface area (Å²) in [7, 11) is 0. The molecule has 2 aromatic carbocycles. The van der Waals surface area contributed by atoms with E-state index in [0.717, 1.165) is 21.3 Å². The fourth-order valence-electron chi connectivity index (χ4n) is 2.08. The summed E-state index contributed by atoms with van der Waals surface area (Å²) in [5.41, 5.74) is 9.20. The van der Waals surface area contributed by atoms with Gasteiger partial charge in [0.05, 0.1) is 5.69 Å². The number of tetrazole rings is 1. The van der Waals surface area contributed by atoms with E-state index in [-0.39, 0.29) is 0 Å². The number of hydrogen-bond acceptors (Lipinski definition) is 4. The molecule has 0 unspecified atom stereocenters. The number of benzene rings is 2. The number of anilines is 1. The largest absolute Gasteiger partial charge is 0.399 e. The first kappa shape index (κ1) is 14.0. The van der Waals surface area contributed by atoms with E-state index in [2.05, 4.69) is 31.5 Å². The summed E-state index contributed by atoms with van der Waals surface area (Å²) in [5, 5.41) is 12.6. The molecule has 0 atom stereocenters. The SMILES string of the molecule is Cc1ccc(Cl)cc1-n1nnnc1-c1cc(N)cc(Br)c1. The Bertz CT molecular complexity index is 795. The van der Waals surface area contributed by atoms with Crippen LogP contribution in [-0.2, 0) is 0 Å². The molecule has 0 saturated carbocycles. The third kappa shape index (κ3) is 2.77. The van der Waals surface area contributed by atoms with Gasteiger partial charge in [0.2, 0.25) is 0 Å². The molecule has 0 aliphatic heterocycles. The number of nitrogens with zero attached hydrogens (tertiary/aromatic N) is 4. The van der Waals surface area contributed by atoms with Crippen LogP contribution in [0.4, 0.5) is 5.69 Å². The van der Waals surface area contributed by atoms with Crippen molar-refractivity contribution in [2.24, 2.45) is 0 Å². The van der Waals surface area contributed by atoms with Gasteiger partial charge >= 0.3 is 0 Å². The topological polar surface area (TPSA) is 69.6 Å². The Morgan fingerprint density at radius 2 is 2.00 bits per heavy atom. The molecule has 2 N–H and O–H groups in total. The van der Waals surface area contributed by atoms with Gasteiger partial charge in [-0.05, 0) is 53.2 Å². The summed E-state index contributed by atoms with van der Waals surface area (Å²) in [6, 6.07) is 11.2. The zero-order valence-electron chi connectivity index (χ0n) is 11.1. The van der Waals surface area contributed by atoms with Crippen LogP contribution in [0.1, 0.15) is 5.56 Å². The lowest BCUT2D eigenvalue weighted by molar-refractivity contribution is 0.787. The third-order valence-corrected chi connectivity index (χ3v) is 3.74. The van der Waals surface area contributed by atoms with Gasteiger partial charge in [0.1, 0.15) is 0 Å². The number of aromatic nitrogens is 4. The zero-order chi connectivity index (χ0) is 15.0. The highest BCUT2D eigenvalue weighted by Gasteiger charge is 2.14. The van der Waals surface area contributed by atoms with Crippen molar-refractivity contribution in [3.8, 4) is 17.1 Å². The Hall–Kier alpha value is -1.92. The summed E-state index contributed by atoms with van der Waals surface area (Å²) in [5.74, 6) is 0.605. The Morgan fingerprint density at radius 3 is 2.76 bits per heavy atom. The van der Waals surface area contributed by atoms with E-state index in [1.54, 1.807) is 4.68 Å². The van der Waals surface area contributed by atoms with Crippen LogP contribution in [0.15, 0.2) is 40.9 Å². The molecule has 0 bridgehead atoms. The van der Waals surface area contributed by atoms with Crippen LogP contribution in [0.3, 0.4) is 0 Å². The number of nitrogens with two attached hydrogens (primary N) is 1. The smallest absolute Gasteiger partial charge is 0.187 e.